The molecule has 100 valence electrons. The van der Waals surface area contributed by atoms with Gasteiger partial charge in [0.15, 0.2) is 11.6 Å². The maximum atomic E-state index is 12.9. The number of nitrogen functional groups attached to an aromatic ring is 1. The van der Waals surface area contributed by atoms with Crippen molar-refractivity contribution in [3.63, 3.8) is 0 Å². The van der Waals surface area contributed by atoms with Crippen molar-refractivity contribution in [2.45, 2.75) is 0 Å². The van der Waals surface area contributed by atoms with Crippen LogP contribution in [0.25, 0.3) is 22.8 Å². The fourth-order valence-corrected chi connectivity index (χ4v) is 1.85. The maximum Gasteiger partial charge on any atom is 0.181 e. The van der Waals surface area contributed by atoms with Crippen LogP contribution in [0.4, 0.5) is 10.1 Å². The fourth-order valence-electron chi connectivity index (χ4n) is 1.85. The lowest BCUT2D eigenvalue weighted by atomic mass is 10.1. The van der Waals surface area contributed by atoms with Crippen LogP contribution < -0.4 is 5.73 Å². The molecule has 0 radical (unpaired) electrons. The lowest BCUT2D eigenvalue weighted by Crippen LogP contribution is -1.87. The number of rotatable bonds is 2. The Morgan fingerprint density at radius 3 is 2.60 bits per heavy atom. The number of hydrogen-bond donors (Lipinski definition) is 3. The Morgan fingerprint density at radius 2 is 1.85 bits per heavy atom. The summed E-state index contributed by atoms with van der Waals surface area (Å²) in [7, 11) is 0. The first-order chi connectivity index (χ1) is 9.63. The topological polar surface area (TPSA) is 87.8 Å². The number of H-pyrrole nitrogens is 1. The van der Waals surface area contributed by atoms with Crippen molar-refractivity contribution in [2.75, 3.05) is 5.73 Å². The summed E-state index contributed by atoms with van der Waals surface area (Å²) in [6.07, 6.45) is 0. The summed E-state index contributed by atoms with van der Waals surface area (Å²) in [5.74, 6) is 0.551. The molecule has 1 aromatic heterocycles. The van der Waals surface area contributed by atoms with Crippen LogP contribution in [0.1, 0.15) is 0 Å². The molecule has 0 bridgehead atoms. The average molecular weight is 270 g/mol. The summed E-state index contributed by atoms with van der Waals surface area (Å²) in [6, 6.07) is 10.5. The summed E-state index contributed by atoms with van der Waals surface area (Å²) in [5, 5.41) is 16.6. The van der Waals surface area contributed by atoms with Crippen molar-refractivity contribution in [3.8, 4) is 28.5 Å². The van der Waals surface area contributed by atoms with Gasteiger partial charge in [-0.2, -0.15) is 5.10 Å². The van der Waals surface area contributed by atoms with Gasteiger partial charge in [0.25, 0.3) is 0 Å². The Hall–Kier alpha value is -2.89. The van der Waals surface area contributed by atoms with Crippen LogP contribution in [0.5, 0.6) is 5.75 Å². The zero-order chi connectivity index (χ0) is 14.1. The minimum atomic E-state index is -0.321. The van der Waals surface area contributed by atoms with Gasteiger partial charge in [0, 0.05) is 11.3 Å². The highest BCUT2D eigenvalue weighted by Crippen LogP contribution is 2.29. The summed E-state index contributed by atoms with van der Waals surface area (Å²) in [5.41, 5.74) is 7.34. The maximum absolute atomic E-state index is 12.9. The van der Waals surface area contributed by atoms with Crippen LogP contribution in [0.3, 0.4) is 0 Å². The van der Waals surface area contributed by atoms with E-state index in [0.29, 0.717) is 28.5 Å². The molecule has 0 saturated carbocycles. The van der Waals surface area contributed by atoms with Crippen LogP contribution in [-0.2, 0) is 0 Å². The van der Waals surface area contributed by atoms with Crippen molar-refractivity contribution >= 4 is 5.69 Å². The molecule has 20 heavy (non-hydrogen) atoms. The van der Waals surface area contributed by atoms with Gasteiger partial charge in [-0.15, -0.1) is 0 Å². The fraction of sp³-hybridized carbons (Fsp3) is 0. The second kappa shape index (κ2) is 4.65. The SMILES string of the molecule is Nc1ccc(O)c(-c2nc(-c3ccc(F)cc3)n[nH]2)c1. The van der Waals surface area contributed by atoms with E-state index in [2.05, 4.69) is 15.2 Å². The number of nitrogens with two attached hydrogens (primary N) is 1. The van der Waals surface area contributed by atoms with Crippen LogP contribution in [-0.4, -0.2) is 20.3 Å². The summed E-state index contributed by atoms with van der Waals surface area (Å²) in [4.78, 5) is 4.28. The lowest BCUT2D eigenvalue weighted by Gasteiger charge is -2.01. The van der Waals surface area contributed by atoms with E-state index in [1.807, 2.05) is 0 Å². The molecule has 3 aromatic rings. The first-order valence-electron chi connectivity index (χ1n) is 5.91. The predicted molar refractivity (Wildman–Crippen MR) is 73.3 cm³/mol. The highest BCUT2D eigenvalue weighted by molar-refractivity contribution is 5.69. The number of phenols is 1. The molecule has 1 heterocycles. The second-order valence-electron chi connectivity index (χ2n) is 4.29. The van der Waals surface area contributed by atoms with Gasteiger partial charge in [0.05, 0.1) is 5.56 Å². The van der Waals surface area contributed by atoms with Crippen LogP contribution in [0, 0.1) is 5.82 Å². The number of halogens is 1. The van der Waals surface area contributed by atoms with Crippen molar-refractivity contribution in [1.82, 2.24) is 15.2 Å². The smallest absolute Gasteiger partial charge is 0.181 e. The summed E-state index contributed by atoms with van der Waals surface area (Å²) in [6.45, 7) is 0. The molecule has 5 nitrogen and oxygen atoms in total. The molecule has 4 N–H and O–H groups in total. The number of nitrogens with one attached hydrogen (secondary N) is 1. The molecular formula is C14H11FN4O. The molecule has 3 rings (SSSR count). The van der Waals surface area contributed by atoms with Gasteiger partial charge >= 0.3 is 0 Å². The predicted octanol–water partition coefficient (Wildman–Crippen LogP) is 2.57. The van der Waals surface area contributed by atoms with E-state index in [9.17, 15) is 9.50 Å². The monoisotopic (exact) mass is 270 g/mol. The van der Waals surface area contributed by atoms with Gasteiger partial charge in [0.1, 0.15) is 11.6 Å². The van der Waals surface area contributed by atoms with E-state index in [1.165, 1.54) is 18.2 Å². The Bertz CT molecular complexity index is 752. The van der Waals surface area contributed by atoms with E-state index < -0.39 is 0 Å². The van der Waals surface area contributed by atoms with Gasteiger partial charge in [-0.25, -0.2) is 9.37 Å². The Labute approximate surface area is 113 Å². The Balaban J connectivity index is 2.01. The lowest BCUT2D eigenvalue weighted by molar-refractivity contribution is 0.477. The first kappa shape index (κ1) is 12.2. The van der Waals surface area contributed by atoms with Crippen LogP contribution in [0.15, 0.2) is 42.5 Å². The molecule has 6 heteroatoms. The molecule has 0 unspecified atom stereocenters. The third kappa shape index (κ3) is 2.18. The molecular weight excluding hydrogens is 259 g/mol. The molecule has 0 atom stereocenters. The molecule has 0 saturated heterocycles. The van der Waals surface area contributed by atoms with Gasteiger partial charge < -0.3 is 10.8 Å². The van der Waals surface area contributed by atoms with Gasteiger partial charge in [-0.05, 0) is 42.5 Å². The van der Waals surface area contributed by atoms with Crippen molar-refractivity contribution in [3.05, 3.63) is 48.3 Å². The minimum Gasteiger partial charge on any atom is -0.507 e. The summed E-state index contributed by atoms with van der Waals surface area (Å²) < 4.78 is 12.9. The minimum absolute atomic E-state index is 0.0565. The van der Waals surface area contributed by atoms with E-state index >= 15 is 0 Å². The van der Waals surface area contributed by atoms with Gasteiger partial charge in [-0.3, -0.25) is 5.10 Å². The van der Waals surface area contributed by atoms with E-state index in [0.717, 1.165) is 0 Å². The molecule has 2 aromatic carbocycles. The second-order valence-corrected chi connectivity index (χ2v) is 4.29. The highest BCUT2D eigenvalue weighted by atomic mass is 19.1. The third-order valence-corrected chi connectivity index (χ3v) is 2.86. The number of aromatic hydroxyl groups is 1. The number of nitrogens with zero attached hydrogens (tertiary/aromatic N) is 2. The number of aromatic amines is 1. The number of aromatic nitrogens is 3. The number of anilines is 1. The van der Waals surface area contributed by atoms with E-state index in [4.69, 9.17) is 5.73 Å². The van der Waals surface area contributed by atoms with Gasteiger partial charge in [-0.1, -0.05) is 0 Å². The molecule has 0 aliphatic carbocycles. The highest BCUT2D eigenvalue weighted by Gasteiger charge is 2.11. The van der Waals surface area contributed by atoms with E-state index in [1.54, 1.807) is 24.3 Å². The molecule has 0 spiro atoms. The average Bonchev–Trinajstić information content (AvgIpc) is 2.92. The summed E-state index contributed by atoms with van der Waals surface area (Å²) >= 11 is 0. The number of phenolic OH excluding ortho intramolecular Hbond substituents is 1. The van der Waals surface area contributed by atoms with E-state index in [-0.39, 0.29) is 11.6 Å². The molecule has 0 amide bonds. The number of benzene rings is 2. The zero-order valence-electron chi connectivity index (χ0n) is 10.3. The van der Waals surface area contributed by atoms with Crippen molar-refractivity contribution < 1.29 is 9.50 Å². The zero-order valence-corrected chi connectivity index (χ0v) is 10.3. The number of hydrogen-bond acceptors (Lipinski definition) is 4. The van der Waals surface area contributed by atoms with Crippen molar-refractivity contribution in [2.24, 2.45) is 0 Å². The Kier molecular flexibility index (Phi) is 2.83. The molecule has 0 aliphatic rings. The van der Waals surface area contributed by atoms with Crippen LogP contribution >= 0.6 is 0 Å². The Morgan fingerprint density at radius 1 is 1.10 bits per heavy atom. The standard InChI is InChI=1S/C14H11FN4O/c15-9-3-1-8(2-4-9)13-17-14(19-18-13)11-7-10(16)5-6-12(11)20/h1-7,20H,16H2,(H,17,18,19). The first-order valence-corrected chi connectivity index (χ1v) is 5.91. The van der Waals surface area contributed by atoms with Gasteiger partial charge in [0.2, 0.25) is 0 Å². The normalized spacial score (nSPS) is 10.7. The quantitative estimate of drug-likeness (QED) is 0.493. The van der Waals surface area contributed by atoms with Crippen molar-refractivity contribution in [1.29, 1.82) is 0 Å². The van der Waals surface area contributed by atoms with Crippen LogP contribution in [0.2, 0.25) is 0 Å². The third-order valence-electron chi connectivity index (χ3n) is 2.86. The molecule has 0 aliphatic heterocycles. The largest absolute Gasteiger partial charge is 0.507 e. The molecule has 0 fully saturated rings.